The molecule has 0 spiro atoms. The summed E-state index contributed by atoms with van der Waals surface area (Å²) < 4.78 is 0. The molecule has 0 saturated heterocycles. The van der Waals surface area contributed by atoms with Gasteiger partial charge in [0.1, 0.15) is 6.10 Å². The number of hydrogen-bond donors (Lipinski definition) is 3. The van der Waals surface area contributed by atoms with Crippen LogP contribution in [0.3, 0.4) is 0 Å². The Morgan fingerprint density at radius 1 is 1.85 bits per heavy atom. The van der Waals surface area contributed by atoms with Crippen molar-refractivity contribution in [2.24, 2.45) is 5.73 Å². The normalized spacial score (nSPS) is 12.5. The molecule has 4 nitrogen and oxygen atoms in total. The van der Waals surface area contributed by atoms with E-state index in [1.165, 1.54) is 11.3 Å². The average Bonchev–Trinajstić information content (AvgIpc) is 2.50. The molecule has 1 aromatic heterocycles. The van der Waals surface area contributed by atoms with Gasteiger partial charge in [0.15, 0.2) is 0 Å². The summed E-state index contributed by atoms with van der Waals surface area (Å²) in [7, 11) is 0. The maximum atomic E-state index is 11.2. The van der Waals surface area contributed by atoms with Gasteiger partial charge in [-0.15, -0.1) is 11.3 Å². The van der Waals surface area contributed by atoms with Crippen molar-refractivity contribution in [3.8, 4) is 0 Å². The molecule has 0 radical (unpaired) electrons. The first-order chi connectivity index (χ1) is 6.15. The first-order valence-corrected chi connectivity index (χ1v) is 4.76. The highest BCUT2D eigenvalue weighted by atomic mass is 32.1. The fourth-order valence-electron chi connectivity index (χ4n) is 0.803. The number of nitrogens with two attached hydrogens (primary N) is 1. The highest BCUT2D eigenvalue weighted by Crippen LogP contribution is 2.21. The van der Waals surface area contributed by atoms with E-state index in [2.05, 4.69) is 5.32 Å². The molecule has 4 N–H and O–H groups in total. The molecule has 13 heavy (non-hydrogen) atoms. The minimum absolute atomic E-state index is 0.0593. The van der Waals surface area contributed by atoms with Gasteiger partial charge in [0.25, 0.3) is 5.91 Å². The Kier molecular flexibility index (Phi) is 3.41. The molecule has 0 aliphatic heterocycles. The van der Waals surface area contributed by atoms with Crippen LogP contribution in [0.5, 0.6) is 0 Å². The number of aliphatic hydroxyl groups is 1. The average molecular weight is 200 g/mol. The first kappa shape index (κ1) is 10.2. The molecule has 1 unspecified atom stereocenters. The van der Waals surface area contributed by atoms with E-state index in [1.807, 2.05) is 18.4 Å². The Morgan fingerprint density at radius 3 is 3.00 bits per heavy atom. The molecule has 1 aromatic rings. The lowest BCUT2D eigenvalue weighted by Crippen LogP contribution is -2.33. The smallest absolute Gasteiger partial charge is 0.255 e. The van der Waals surface area contributed by atoms with Crippen LogP contribution in [0.1, 0.15) is 5.56 Å². The zero-order valence-electron chi connectivity index (χ0n) is 7.28. The lowest BCUT2D eigenvalue weighted by Gasteiger charge is -2.07. The van der Waals surface area contributed by atoms with E-state index in [0.29, 0.717) is 0 Å². The number of carbonyl (C=O) groups is 1. The number of aliphatic hydroxyl groups excluding tert-OH is 1. The van der Waals surface area contributed by atoms with E-state index in [-0.39, 0.29) is 6.54 Å². The van der Waals surface area contributed by atoms with Crippen molar-refractivity contribution in [2.75, 3.05) is 11.9 Å². The molecule has 0 bridgehead atoms. The summed E-state index contributed by atoms with van der Waals surface area (Å²) in [6.07, 6.45) is -1.12. The quantitative estimate of drug-likeness (QED) is 0.657. The molecular formula is C8H12N2O2S. The van der Waals surface area contributed by atoms with Gasteiger partial charge in [-0.05, 0) is 23.9 Å². The van der Waals surface area contributed by atoms with Gasteiger partial charge in [0.05, 0.1) is 5.00 Å². The van der Waals surface area contributed by atoms with Crippen molar-refractivity contribution in [1.29, 1.82) is 0 Å². The van der Waals surface area contributed by atoms with Gasteiger partial charge in [-0.1, -0.05) is 0 Å². The molecule has 0 saturated carbocycles. The standard InChI is InChI=1S/C8H12N2O2S/c1-5-2-3-13-8(5)10-7(12)6(11)4-9/h2-3,6,11H,4,9H2,1H3,(H,10,12). The van der Waals surface area contributed by atoms with Crippen molar-refractivity contribution in [3.05, 3.63) is 17.0 Å². The minimum atomic E-state index is -1.12. The maximum absolute atomic E-state index is 11.2. The van der Waals surface area contributed by atoms with Gasteiger partial charge in [-0.25, -0.2) is 0 Å². The molecule has 1 heterocycles. The Morgan fingerprint density at radius 2 is 2.54 bits per heavy atom. The number of nitrogens with one attached hydrogen (secondary N) is 1. The number of hydrogen-bond acceptors (Lipinski definition) is 4. The van der Waals surface area contributed by atoms with Gasteiger partial charge in [-0.2, -0.15) is 0 Å². The van der Waals surface area contributed by atoms with Gasteiger partial charge >= 0.3 is 0 Å². The second-order valence-electron chi connectivity index (χ2n) is 2.67. The van der Waals surface area contributed by atoms with Crippen LogP contribution in [0.4, 0.5) is 5.00 Å². The molecule has 1 atom stereocenters. The van der Waals surface area contributed by atoms with E-state index < -0.39 is 12.0 Å². The molecular weight excluding hydrogens is 188 g/mol. The van der Waals surface area contributed by atoms with Crippen molar-refractivity contribution < 1.29 is 9.90 Å². The van der Waals surface area contributed by atoms with E-state index in [9.17, 15) is 4.79 Å². The van der Waals surface area contributed by atoms with Gasteiger partial charge in [0, 0.05) is 6.54 Å². The zero-order chi connectivity index (χ0) is 9.84. The van der Waals surface area contributed by atoms with Crippen molar-refractivity contribution in [2.45, 2.75) is 13.0 Å². The summed E-state index contributed by atoms with van der Waals surface area (Å²) >= 11 is 1.42. The first-order valence-electron chi connectivity index (χ1n) is 3.88. The fourth-order valence-corrected chi connectivity index (χ4v) is 1.62. The highest BCUT2D eigenvalue weighted by molar-refractivity contribution is 7.14. The lowest BCUT2D eigenvalue weighted by molar-refractivity contribution is -0.123. The van der Waals surface area contributed by atoms with Crippen LogP contribution in [0, 0.1) is 6.92 Å². The number of rotatable bonds is 3. The second kappa shape index (κ2) is 4.36. The van der Waals surface area contributed by atoms with E-state index >= 15 is 0 Å². The molecule has 0 aromatic carbocycles. The predicted octanol–water partition coefficient (Wildman–Crippen LogP) is 0.315. The summed E-state index contributed by atoms with van der Waals surface area (Å²) in [6.45, 7) is 1.83. The summed E-state index contributed by atoms with van der Waals surface area (Å²) in [5, 5.41) is 14.3. The third-order valence-electron chi connectivity index (χ3n) is 1.62. The summed E-state index contributed by atoms with van der Waals surface area (Å²) in [4.78, 5) is 11.2. The summed E-state index contributed by atoms with van der Waals surface area (Å²) in [5.41, 5.74) is 6.12. The lowest BCUT2D eigenvalue weighted by atomic mass is 10.3. The largest absolute Gasteiger partial charge is 0.382 e. The Bertz CT molecular complexity index is 298. The van der Waals surface area contributed by atoms with Crippen LogP contribution < -0.4 is 11.1 Å². The molecule has 0 aliphatic rings. The number of aryl methyl sites for hydroxylation is 1. The van der Waals surface area contributed by atoms with E-state index in [4.69, 9.17) is 10.8 Å². The number of anilines is 1. The van der Waals surface area contributed by atoms with Crippen LogP contribution in [0.15, 0.2) is 11.4 Å². The monoisotopic (exact) mass is 200 g/mol. The zero-order valence-corrected chi connectivity index (χ0v) is 8.10. The summed E-state index contributed by atoms with van der Waals surface area (Å²) in [6, 6.07) is 1.90. The molecule has 0 fully saturated rings. The molecule has 72 valence electrons. The number of carbonyl (C=O) groups excluding carboxylic acids is 1. The molecule has 1 rings (SSSR count). The van der Waals surface area contributed by atoms with Crippen LogP contribution in [-0.4, -0.2) is 23.7 Å². The fraction of sp³-hybridized carbons (Fsp3) is 0.375. The van der Waals surface area contributed by atoms with Crippen LogP contribution in [-0.2, 0) is 4.79 Å². The van der Waals surface area contributed by atoms with Crippen LogP contribution in [0.2, 0.25) is 0 Å². The topological polar surface area (TPSA) is 75.3 Å². The molecule has 5 heteroatoms. The number of amides is 1. The number of thiophene rings is 1. The van der Waals surface area contributed by atoms with Crippen molar-refractivity contribution in [3.63, 3.8) is 0 Å². The molecule has 0 aliphatic carbocycles. The SMILES string of the molecule is Cc1ccsc1NC(=O)C(O)CN. The Balaban J connectivity index is 2.60. The van der Waals surface area contributed by atoms with Gasteiger partial charge < -0.3 is 16.2 Å². The maximum Gasteiger partial charge on any atom is 0.255 e. The second-order valence-corrected chi connectivity index (χ2v) is 3.59. The van der Waals surface area contributed by atoms with E-state index in [0.717, 1.165) is 10.6 Å². The third kappa shape index (κ3) is 2.51. The Labute approximate surface area is 80.4 Å². The minimum Gasteiger partial charge on any atom is -0.382 e. The van der Waals surface area contributed by atoms with Gasteiger partial charge in [0.2, 0.25) is 0 Å². The van der Waals surface area contributed by atoms with Crippen molar-refractivity contribution in [1.82, 2.24) is 0 Å². The Hall–Kier alpha value is -0.910. The van der Waals surface area contributed by atoms with Crippen LogP contribution >= 0.6 is 11.3 Å². The van der Waals surface area contributed by atoms with Crippen LogP contribution in [0.25, 0.3) is 0 Å². The van der Waals surface area contributed by atoms with Crippen molar-refractivity contribution >= 4 is 22.2 Å². The third-order valence-corrected chi connectivity index (χ3v) is 2.56. The molecule has 1 amide bonds. The van der Waals surface area contributed by atoms with Gasteiger partial charge in [-0.3, -0.25) is 4.79 Å². The highest BCUT2D eigenvalue weighted by Gasteiger charge is 2.13. The summed E-state index contributed by atoms with van der Waals surface area (Å²) in [5.74, 6) is -0.451. The van der Waals surface area contributed by atoms with E-state index in [1.54, 1.807) is 0 Å². The predicted molar refractivity (Wildman–Crippen MR) is 52.7 cm³/mol.